The molecule has 0 radical (unpaired) electrons. The Morgan fingerprint density at radius 2 is 2.15 bits per heavy atom. The lowest BCUT2D eigenvalue weighted by Gasteiger charge is -2.31. The van der Waals surface area contributed by atoms with Crippen molar-refractivity contribution in [3.8, 4) is 0 Å². The van der Waals surface area contributed by atoms with E-state index in [1.165, 1.54) is 12.8 Å². The highest BCUT2D eigenvalue weighted by Gasteiger charge is 2.28. The molecule has 0 bridgehead atoms. The van der Waals surface area contributed by atoms with Gasteiger partial charge in [0.1, 0.15) is 0 Å². The van der Waals surface area contributed by atoms with E-state index >= 15 is 0 Å². The van der Waals surface area contributed by atoms with Gasteiger partial charge >= 0.3 is 12.0 Å². The predicted molar refractivity (Wildman–Crippen MR) is 78.6 cm³/mol. The first-order valence-corrected chi connectivity index (χ1v) is 7.84. The molecule has 20 heavy (non-hydrogen) atoms. The number of hydrogen-bond acceptors (Lipinski definition) is 2. The van der Waals surface area contributed by atoms with Gasteiger partial charge in [-0.2, -0.15) is 0 Å². The quantitative estimate of drug-likeness (QED) is 0.755. The zero-order valence-corrected chi connectivity index (χ0v) is 12.7. The van der Waals surface area contributed by atoms with Gasteiger partial charge in [0, 0.05) is 19.6 Å². The number of rotatable bonds is 7. The number of aliphatic carboxylic acids is 1. The summed E-state index contributed by atoms with van der Waals surface area (Å²) in [6, 6.07) is -0.106. The first-order chi connectivity index (χ1) is 9.58. The van der Waals surface area contributed by atoms with Crippen LogP contribution in [0.25, 0.3) is 0 Å². The molecule has 2 amide bonds. The molecule has 1 fully saturated rings. The number of hydrogen-bond donors (Lipinski definition) is 2. The normalized spacial score (nSPS) is 20.5. The Balaban J connectivity index is 2.35. The third-order valence-electron chi connectivity index (χ3n) is 4.14. The van der Waals surface area contributed by atoms with Gasteiger partial charge in [-0.3, -0.25) is 4.79 Å². The van der Waals surface area contributed by atoms with Gasteiger partial charge in [-0.15, -0.1) is 0 Å². The Hall–Kier alpha value is -1.26. The second-order valence-electron chi connectivity index (χ2n) is 5.73. The molecule has 5 nitrogen and oxygen atoms in total. The standard InChI is InChI=1S/C15H28N2O3/c1-3-5-7-12(4-2)10-16-15(20)17-9-6-8-13(11-17)14(18)19/h12-13H,3-11H2,1-2H3,(H,16,20)(H,18,19). The van der Waals surface area contributed by atoms with E-state index in [-0.39, 0.29) is 6.03 Å². The van der Waals surface area contributed by atoms with E-state index in [4.69, 9.17) is 5.11 Å². The number of nitrogens with one attached hydrogen (secondary N) is 1. The summed E-state index contributed by atoms with van der Waals surface area (Å²) in [5, 5.41) is 12.0. The molecule has 0 aliphatic carbocycles. The van der Waals surface area contributed by atoms with Gasteiger partial charge in [0.2, 0.25) is 0 Å². The SMILES string of the molecule is CCCCC(CC)CNC(=O)N1CCCC(C(=O)O)C1. The van der Waals surface area contributed by atoms with Crippen molar-refractivity contribution in [2.24, 2.45) is 11.8 Å². The van der Waals surface area contributed by atoms with Crippen molar-refractivity contribution in [3.05, 3.63) is 0 Å². The zero-order chi connectivity index (χ0) is 15.0. The fraction of sp³-hybridized carbons (Fsp3) is 0.867. The highest BCUT2D eigenvalue weighted by molar-refractivity contribution is 5.76. The van der Waals surface area contributed by atoms with Crippen LogP contribution in [0.1, 0.15) is 52.4 Å². The van der Waals surface area contributed by atoms with Crippen molar-refractivity contribution in [3.63, 3.8) is 0 Å². The minimum Gasteiger partial charge on any atom is -0.481 e. The zero-order valence-electron chi connectivity index (χ0n) is 12.7. The second-order valence-corrected chi connectivity index (χ2v) is 5.73. The molecule has 1 aliphatic heterocycles. The number of nitrogens with zero attached hydrogens (tertiary/aromatic N) is 1. The Morgan fingerprint density at radius 1 is 1.40 bits per heavy atom. The van der Waals surface area contributed by atoms with Crippen molar-refractivity contribution < 1.29 is 14.7 Å². The third kappa shape index (κ3) is 5.39. The fourth-order valence-electron chi connectivity index (χ4n) is 2.65. The molecule has 2 N–H and O–H groups in total. The van der Waals surface area contributed by atoms with E-state index in [0.29, 0.717) is 32.0 Å². The summed E-state index contributed by atoms with van der Waals surface area (Å²) in [4.78, 5) is 24.7. The summed E-state index contributed by atoms with van der Waals surface area (Å²) >= 11 is 0. The van der Waals surface area contributed by atoms with Gasteiger partial charge in [0.25, 0.3) is 0 Å². The molecule has 0 aromatic heterocycles. The molecule has 116 valence electrons. The molecule has 2 unspecified atom stereocenters. The maximum absolute atomic E-state index is 12.1. The number of carboxylic acids is 1. The maximum Gasteiger partial charge on any atom is 0.317 e. The molecular weight excluding hydrogens is 256 g/mol. The number of carbonyl (C=O) groups is 2. The lowest BCUT2D eigenvalue weighted by Crippen LogP contribution is -2.47. The van der Waals surface area contributed by atoms with Crippen LogP contribution >= 0.6 is 0 Å². The smallest absolute Gasteiger partial charge is 0.317 e. The van der Waals surface area contributed by atoms with Crippen molar-refractivity contribution in [1.29, 1.82) is 0 Å². The fourth-order valence-corrected chi connectivity index (χ4v) is 2.65. The predicted octanol–water partition coefficient (Wildman–Crippen LogP) is 2.71. The third-order valence-corrected chi connectivity index (χ3v) is 4.14. The van der Waals surface area contributed by atoms with Gasteiger partial charge in [-0.1, -0.05) is 33.1 Å². The van der Waals surface area contributed by atoms with E-state index < -0.39 is 11.9 Å². The molecule has 1 aliphatic rings. The van der Waals surface area contributed by atoms with Crippen LogP contribution in [0.4, 0.5) is 4.79 Å². The first kappa shape index (κ1) is 16.8. The van der Waals surface area contributed by atoms with Crippen LogP contribution in [-0.2, 0) is 4.79 Å². The lowest BCUT2D eigenvalue weighted by molar-refractivity contribution is -0.143. The van der Waals surface area contributed by atoms with Crippen LogP contribution in [0.5, 0.6) is 0 Å². The number of urea groups is 1. The van der Waals surface area contributed by atoms with Gasteiger partial charge in [0.15, 0.2) is 0 Å². The highest BCUT2D eigenvalue weighted by atomic mass is 16.4. The highest BCUT2D eigenvalue weighted by Crippen LogP contribution is 2.17. The first-order valence-electron chi connectivity index (χ1n) is 7.84. The molecule has 5 heteroatoms. The Labute approximate surface area is 121 Å². The number of carboxylic acid groups (broad SMARTS) is 1. The minimum atomic E-state index is -0.795. The van der Waals surface area contributed by atoms with E-state index in [1.54, 1.807) is 4.90 Å². The molecule has 0 aromatic rings. The van der Waals surface area contributed by atoms with Crippen LogP contribution in [0.3, 0.4) is 0 Å². The monoisotopic (exact) mass is 284 g/mol. The van der Waals surface area contributed by atoms with E-state index in [9.17, 15) is 9.59 Å². The van der Waals surface area contributed by atoms with E-state index in [1.807, 2.05) is 0 Å². The van der Waals surface area contributed by atoms with E-state index in [0.717, 1.165) is 19.3 Å². The molecule has 0 spiro atoms. The van der Waals surface area contributed by atoms with Crippen molar-refractivity contribution in [1.82, 2.24) is 10.2 Å². The number of carbonyl (C=O) groups excluding carboxylic acids is 1. The molecule has 2 atom stereocenters. The molecule has 1 saturated heterocycles. The summed E-state index contributed by atoms with van der Waals surface area (Å²) < 4.78 is 0. The van der Waals surface area contributed by atoms with Crippen molar-refractivity contribution in [2.75, 3.05) is 19.6 Å². The average Bonchev–Trinajstić information content (AvgIpc) is 2.47. The van der Waals surface area contributed by atoms with Gasteiger partial charge in [-0.05, 0) is 25.2 Å². The van der Waals surface area contributed by atoms with Crippen LogP contribution in [-0.4, -0.2) is 41.6 Å². The van der Waals surface area contributed by atoms with Crippen LogP contribution in [0.2, 0.25) is 0 Å². The Morgan fingerprint density at radius 3 is 2.75 bits per heavy atom. The van der Waals surface area contributed by atoms with Crippen LogP contribution < -0.4 is 5.32 Å². The summed E-state index contributed by atoms with van der Waals surface area (Å²) in [6.45, 7) is 6.02. The Bertz CT molecular complexity index is 320. The number of likely N-dealkylation sites (tertiary alicyclic amines) is 1. The maximum atomic E-state index is 12.1. The van der Waals surface area contributed by atoms with Gasteiger partial charge in [-0.25, -0.2) is 4.79 Å². The molecule has 1 heterocycles. The van der Waals surface area contributed by atoms with E-state index in [2.05, 4.69) is 19.2 Å². The summed E-state index contributed by atoms with van der Waals surface area (Å²) in [6.07, 6.45) is 6.03. The number of unbranched alkanes of at least 4 members (excludes halogenated alkanes) is 1. The summed E-state index contributed by atoms with van der Waals surface area (Å²) in [5.41, 5.74) is 0. The molecule has 1 rings (SSSR count). The number of amides is 2. The molecule has 0 saturated carbocycles. The molecular formula is C15H28N2O3. The van der Waals surface area contributed by atoms with Crippen molar-refractivity contribution in [2.45, 2.75) is 52.4 Å². The topological polar surface area (TPSA) is 69.6 Å². The minimum absolute atomic E-state index is 0.106. The largest absolute Gasteiger partial charge is 0.481 e. The lowest BCUT2D eigenvalue weighted by atomic mass is 9.98. The van der Waals surface area contributed by atoms with Crippen LogP contribution in [0, 0.1) is 11.8 Å². The van der Waals surface area contributed by atoms with Gasteiger partial charge < -0.3 is 15.3 Å². The van der Waals surface area contributed by atoms with Crippen molar-refractivity contribution >= 4 is 12.0 Å². The summed E-state index contributed by atoms with van der Waals surface area (Å²) in [7, 11) is 0. The van der Waals surface area contributed by atoms with Gasteiger partial charge in [0.05, 0.1) is 5.92 Å². The average molecular weight is 284 g/mol. The Kier molecular flexibility index (Phi) is 7.41. The number of piperidine rings is 1. The second kappa shape index (κ2) is 8.82. The summed E-state index contributed by atoms with van der Waals surface area (Å²) in [5.74, 6) is -0.674. The van der Waals surface area contributed by atoms with Crippen LogP contribution in [0.15, 0.2) is 0 Å². The molecule has 0 aromatic carbocycles.